The third kappa shape index (κ3) is 5.05. The number of alkyl halides is 2. The number of carbonyl (C=O) groups excluding carboxylic acids is 1. The van der Waals surface area contributed by atoms with Crippen LogP contribution in [0.3, 0.4) is 0 Å². The van der Waals surface area contributed by atoms with Crippen LogP contribution in [0, 0.1) is 0 Å². The molecule has 6 nitrogen and oxygen atoms in total. The van der Waals surface area contributed by atoms with Crippen molar-refractivity contribution in [2.24, 2.45) is 0 Å². The molecule has 178 valence electrons. The van der Waals surface area contributed by atoms with Crippen LogP contribution in [0.15, 0.2) is 42.5 Å². The standard InChI is InChI=1S/C25H29F2NO5/c1-16(2)31-22-15-25(33-19-7-5-4-6-18(19)22)10-12-28(13-11-25)23(29)17-8-9-20(32-24(26)27)21(14-17)30-3/h4-9,14,16,22,24H,10-13,15H2,1-3H3/t22-/m1/s1. The van der Waals surface area contributed by atoms with Gasteiger partial charge in [0.05, 0.1) is 19.3 Å². The summed E-state index contributed by atoms with van der Waals surface area (Å²) in [5.41, 5.74) is 1.03. The van der Waals surface area contributed by atoms with Crippen LogP contribution in [0.4, 0.5) is 8.78 Å². The van der Waals surface area contributed by atoms with E-state index in [0.717, 1.165) is 17.7 Å². The molecule has 0 aromatic heterocycles. The Morgan fingerprint density at radius 2 is 1.85 bits per heavy atom. The van der Waals surface area contributed by atoms with Crippen molar-refractivity contribution < 1.29 is 32.5 Å². The normalized spacial score (nSPS) is 19.4. The summed E-state index contributed by atoms with van der Waals surface area (Å²) >= 11 is 0. The lowest BCUT2D eigenvalue weighted by molar-refractivity contribution is -0.0872. The van der Waals surface area contributed by atoms with Gasteiger partial charge in [0.15, 0.2) is 11.5 Å². The maximum atomic E-state index is 13.1. The molecule has 4 rings (SSSR count). The Morgan fingerprint density at radius 3 is 2.52 bits per heavy atom. The summed E-state index contributed by atoms with van der Waals surface area (Å²) < 4.78 is 47.4. The van der Waals surface area contributed by atoms with Gasteiger partial charge in [0.2, 0.25) is 0 Å². The molecular formula is C25H29F2NO5. The lowest BCUT2D eigenvalue weighted by Crippen LogP contribution is -2.52. The van der Waals surface area contributed by atoms with Gasteiger partial charge in [-0.25, -0.2) is 0 Å². The lowest BCUT2D eigenvalue weighted by atomic mass is 9.81. The number of fused-ring (bicyclic) bond motifs is 1. The van der Waals surface area contributed by atoms with Crippen molar-refractivity contribution >= 4 is 5.91 Å². The average molecular weight is 462 g/mol. The second-order valence-electron chi connectivity index (χ2n) is 8.74. The van der Waals surface area contributed by atoms with Crippen molar-refractivity contribution in [2.75, 3.05) is 20.2 Å². The highest BCUT2D eigenvalue weighted by atomic mass is 19.3. The quantitative estimate of drug-likeness (QED) is 0.590. The number of likely N-dealkylation sites (tertiary alicyclic amines) is 1. The summed E-state index contributed by atoms with van der Waals surface area (Å²) in [6, 6.07) is 12.2. The van der Waals surface area contributed by atoms with Gasteiger partial charge < -0.3 is 23.8 Å². The summed E-state index contributed by atoms with van der Waals surface area (Å²) in [6.07, 6.45) is 2.12. The zero-order valence-corrected chi connectivity index (χ0v) is 19.1. The number of rotatable bonds is 6. The highest BCUT2D eigenvalue weighted by molar-refractivity contribution is 5.95. The number of carbonyl (C=O) groups is 1. The van der Waals surface area contributed by atoms with Gasteiger partial charge in [-0.1, -0.05) is 18.2 Å². The molecule has 1 amide bonds. The highest BCUT2D eigenvalue weighted by Crippen LogP contribution is 2.46. The molecule has 1 saturated heterocycles. The molecule has 1 spiro atoms. The van der Waals surface area contributed by atoms with E-state index in [1.165, 1.54) is 25.3 Å². The third-order valence-electron chi connectivity index (χ3n) is 6.17. The van der Waals surface area contributed by atoms with Gasteiger partial charge in [0.1, 0.15) is 11.4 Å². The molecule has 0 radical (unpaired) electrons. The van der Waals surface area contributed by atoms with Crippen LogP contribution in [0.1, 0.15) is 55.1 Å². The van der Waals surface area contributed by atoms with Gasteiger partial charge in [-0.05, 0) is 38.1 Å². The second kappa shape index (κ2) is 9.55. The number of ether oxygens (including phenoxy) is 4. The maximum Gasteiger partial charge on any atom is 0.387 e. The predicted molar refractivity (Wildman–Crippen MR) is 118 cm³/mol. The number of methoxy groups -OCH3 is 1. The van der Waals surface area contributed by atoms with E-state index < -0.39 is 12.2 Å². The molecule has 0 aliphatic carbocycles. The number of piperidine rings is 1. The fourth-order valence-electron chi connectivity index (χ4n) is 4.61. The zero-order valence-electron chi connectivity index (χ0n) is 19.1. The van der Waals surface area contributed by atoms with E-state index in [9.17, 15) is 13.6 Å². The minimum atomic E-state index is -2.97. The SMILES string of the molecule is COc1cc(C(=O)N2CCC3(CC2)C[C@@H](OC(C)C)c2ccccc2O3)ccc1OC(F)F. The van der Waals surface area contributed by atoms with Crippen LogP contribution < -0.4 is 14.2 Å². The molecule has 0 N–H and O–H groups in total. The van der Waals surface area contributed by atoms with Gasteiger partial charge in [-0.2, -0.15) is 8.78 Å². The smallest absolute Gasteiger partial charge is 0.387 e. The molecule has 2 aliphatic rings. The number of benzene rings is 2. The van der Waals surface area contributed by atoms with E-state index >= 15 is 0 Å². The Hall–Kier alpha value is -2.87. The summed E-state index contributed by atoms with van der Waals surface area (Å²) in [5.74, 6) is 0.647. The van der Waals surface area contributed by atoms with E-state index in [-0.39, 0.29) is 29.6 Å². The van der Waals surface area contributed by atoms with Crippen LogP contribution >= 0.6 is 0 Å². The molecule has 0 bridgehead atoms. The maximum absolute atomic E-state index is 13.1. The number of amides is 1. The predicted octanol–water partition coefficient (Wildman–Crippen LogP) is 5.22. The van der Waals surface area contributed by atoms with Gasteiger partial charge in [0.25, 0.3) is 5.91 Å². The molecule has 2 aliphatic heterocycles. The molecule has 2 heterocycles. The van der Waals surface area contributed by atoms with E-state index in [4.69, 9.17) is 14.2 Å². The van der Waals surface area contributed by atoms with Crippen molar-refractivity contribution in [3.05, 3.63) is 53.6 Å². The molecule has 1 fully saturated rings. The van der Waals surface area contributed by atoms with Crippen LogP contribution in [-0.4, -0.2) is 49.3 Å². The van der Waals surface area contributed by atoms with Crippen molar-refractivity contribution in [1.29, 1.82) is 0 Å². The van der Waals surface area contributed by atoms with Crippen molar-refractivity contribution in [3.63, 3.8) is 0 Å². The molecule has 8 heteroatoms. The third-order valence-corrected chi connectivity index (χ3v) is 6.17. The summed E-state index contributed by atoms with van der Waals surface area (Å²) in [5, 5.41) is 0. The lowest BCUT2D eigenvalue weighted by Gasteiger charge is -2.47. The first-order valence-corrected chi connectivity index (χ1v) is 11.2. The first-order valence-electron chi connectivity index (χ1n) is 11.2. The highest BCUT2D eigenvalue weighted by Gasteiger charge is 2.44. The first-order chi connectivity index (χ1) is 15.8. The monoisotopic (exact) mass is 461 g/mol. The Bertz CT molecular complexity index is 989. The molecule has 33 heavy (non-hydrogen) atoms. The number of nitrogens with zero attached hydrogens (tertiary/aromatic N) is 1. The van der Waals surface area contributed by atoms with Gasteiger partial charge in [0, 0.05) is 43.5 Å². The fraction of sp³-hybridized carbons (Fsp3) is 0.480. The van der Waals surface area contributed by atoms with E-state index in [0.29, 0.717) is 31.5 Å². The molecule has 2 aromatic rings. The van der Waals surface area contributed by atoms with Crippen molar-refractivity contribution in [2.45, 2.75) is 57.5 Å². The number of hydrogen-bond donors (Lipinski definition) is 0. The Kier molecular flexibility index (Phi) is 6.74. The van der Waals surface area contributed by atoms with Gasteiger partial charge >= 0.3 is 6.61 Å². The number of para-hydroxylation sites is 1. The minimum Gasteiger partial charge on any atom is -0.493 e. The van der Waals surface area contributed by atoms with E-state index in [1.807, 2.05) is 38.1 Å². The van der Waals surface area contributed by atoms with E-state index in [2.05, 4.69) is 4.74 Å². The summed E-state index contributed by atoms with van der Waals surface area (Å²) in [7, 11) is 1.35. The van der Waals surface area contributed by atoms with Crippen LogP contribution in [0.5, 0.6) is 17.2 Å². The van der Waals surface area contributed by atoms with Crippen LogP contribution in [-0.2, 0) is 4.74 Å². The molecule has 0 unspecified atom stereocenters. The number of hydrogen-bond acceptors (Lipinski definition) is 5. The largest absolute Gasteiger partial charge is 0.493 e. The Morgan fingerprint density at radius 1 is 1.12 bits per heavy atom. The molecular weight excluding hydrogens is 432 g/mol. The van der Waals surface area contributed by atoms with Crippen LogP contribution in [0.25, 0.3) is 0 Å². The van der Waals surface area contributed by atoms with Crippen molar-refractivity contribution in [3.8, 4) is 17.2 Å². The Labute approximate surface area is 192 Å². The minimum absolute atomic E-state index is 0.0520. The molecule has 2 aromatic carbocycles. The Balaban J connectivity index is 1.47. The van der Waals surface area contributed by atoms with E-state index in [1.54, 1.807) is 4.90 Å². The first kappa shape index (κ1) is 23.3. The molecule has 0 saturated carbocycles. The fourth-order valence-corrected chi connectivity index (χ4v) is 4.61. The topological polar surface area (TPSA) is 57.2 Å². The number of halogens is 2. The van der Waals surface area contributed by atoms with Crippen molar-refractivity contribution in [1.82, 2.24) is 4.90 Å². The van der Waals surface area contributed by atoms with Gasteiger partial charge in [-0.15, -0.1) is 0 Å². The van der Waals surface area contributed by atoms with Crippen LogP contribution in [0.2, 0.25) is 0 Å². The zero-order chi connectivity index (χ0) is 23.6. The second-order valence-corrected chi connectivity index (χ2v) is 8.74. The summed E-state index contributed by atoms with van der Waals surface area (Å²) in [4.78, 5) is 14.9. The summed E-state index contributed by atoms with van der Waals surface area (Å²) in [6.45, 7) is 2.12. The molecule has 1 atom stereocenters. The van der Waals surface area contributed by atoms with Gasteiger partial charge in [-0.3, -0.25) is 4.79 Å². The average Bonchev–Trinajstić information content (AvgIpc) is 2.78.